The fourth-order valence-electron chi connectivity index (χ4n) is 3.60. The van der Waals surface area contributed by atoms with E-state index >= 15 is 0 Å². The van der Waals surface area contributed by atoms with Gasteiger partial charge >= 0.3 is 6.03 Å². The van der Waals surface area contributed by atoms with Gasteiger partial charge in [0.2, 0.25) is 10.0 Å². The van der Waals surface area contributed by atoms with E-state index in [2.05, 4.69) is 20.8 Å². The fraction of sp³-hybridized carbons (Fsp3) is 0.938. The normalized spacial score (nSPS) is 24.8. The molecule has 0 aromatic rings. The SMILES string of the molecule is CCC(C)(C)C1CCCCN1C(=O)N1CCN(S(C)(=O)=O)CC1. The fourth-order valence-corrected chi connectivity index (χ4v) is 4.43. The van der Waals surface area contributed by atoms with Gasteiger partial charge < -0.3 is 9.80 Å². The van der Waals surface area contributed by atoms with Crippen molar-refractivity contribution in [3.05, 3.63) is 0 Å². The van der Waals surface area contributed by atoms with Crippen molar-refractivity contribution in [1.29, 1.82) is 0 Å². The Labute approximate surface area is 140 Å². The van der Waals surface area contributed by atoms with Gasteiger partial charge in [0.15, 0.2) is 0 Å². The van der Waals surface area contributed by atoms with Gasteiger partial charge in [-0.1, -0.05) is 20.8 Å². The van der Waals surface area contributed by atoms with Crippen LogP contribution in [0.4, 0.5) is 4.79 Å². The number of carbonyl (C=O) groups excluding carboxylic acids is 1. The topological polar surface area (TPSA) is 60.9 Å². The molecular formula is C16H31N3O3S. The van der Waals surface area contributed by atoms with E-state index in [-0.39, 0.29) is 17.5 Å². The summed E-state index contributed by atoms with van der Waals surface area (Å²) in [6.45, 7) is 9.26. The van der Waals surface area contributed by atoms with Gasteiger partial charge in [0.1, 0.15) is 0 Å². The second-order valence-electron chi connectivity index (χ2n) is 7.48. The summed E-state index contributed by atoms with van der Waals surface area (Å²) in [5, 5.41) is 0. The average Bonchev–Trinajstić information content (AvgIpc) is 2.53. The second kappa shape index (κ2) is 6.97. The van der Waals surface area contributed by atoms with Gasteiger partial charge in [-0.2, -0.15) is 4.31 Å². The zero-order valence-corrected chi connectivity index (χ0v) is 15.7. The van der Waals surface area contributed by atoms with Crippen molar-refractivity contribution in [3.63, 3.8) is 0 Å². The molecule has 0 N–H and O–H groups in total. The quantitative estimate of drug-likeness (QED) is 0.786. The molecule has 0 bridgehead atoms. The van der Waals surface area contributed by atoms with Gasteiger partial charge in [0.25, 0.3) is 0 Å². The number of nitrogens with zero attached hydrogens (tertiary/aromatic N) is 3. The number of urea groups is 1. The number of hydrogen-bond acceptors (Lipinski definition) is 3. The monoisotopic (exact) mass is 345 g/mol. The average molecular weight is 346 g/mol. The van der Waals surface area contributed by atoms with Crippen LogP contribution in [0.1, 0.15) is 46.5 Å². The molecule has 2 heterocycles. The maximum atomic E-state index is 13.0. The van der Waals surface area contributed by atoms with E-state index in [0.29, 0.717) is 26.2 Å². The Morgan fingerprint density at radius 1 is 1.09 bits per heavy atom. The molecule has 1 unspecified atom stereocenters. The molecule has 2 aliphatic heterocycles. The summed E-state index contributed by atoms with van der Waals surface area (Å²) in [6.07, 6.45) is 5.58. The molecule has 0 aliphatic carbocycles. The zero-order valence-electron chi connectivity index (χ0n) is 14.9. The first-order valence-electron chi connectivity index (χ1n) is 8.67. The van der Waals surface area contributed by atoms with Crippen molar-refractivity contribution in [2.45, 2.75) is 52.5 Å². The third kappa shape index (κ3) is 4.18. The molecule has 0 aromatic heterocycles. The highest BCUT2D eigenvalue weighted by atomic mass is 32.2. The highest BCUT2D eigenvalue weighted by molar-refractivity contribution is 7.88. The largest absolute Gasteiger partial charge is 0.322 e. The number of piperidine rings is 1. The molecule has 0 spiro atoms. The molecule has 2 saturated heterocycles. The Bertz CT molecular complexity index is 525. The zero-order chi connectivity index (χ0) is 17.3. The van der Waals surface area contributed by atoms with Crippen LogP contribution in [0.15, 0.2) is 0 Å². The van der Waals surface area contributed by atoms with E-state index in [1.165, 1.54) is 17.0 Å². The third-order valence-corrected chi connectivity index (χ3v) is 6.84. The van der Waals surface area contributed by atoms with Gasteiger partial charge in [-0.15, -0.1) is 0 Å². The maximum absolute atomic E-state index is 13.0. The number of amides is 2. The molecular weight excluding hydrogens is 314 g/mol. The summed E-state index contributed by atoms with van der Waals surface area (Å²) in [7, 11) is -3.16. The van der Waals surface area contributed by atoms with Crippen LogP contribution < -0.4 is 0 Å². The molecule has 2 fully saturated rings. The summed E-state index contributed by atoms with van der Waals surface area (Å²) in [6, 6.07) is 0.367. The number of hydrogen-bond donors (Lipinski definition) is 0. The Morgan fingerprint density at radius 2 is 1.70 bits per heavy atom. The first-order chi connectivity index (χ1) is 10.7. The van der Waals surface area contributed by atoms with Crippen LogP contribution in [0.3, 0.4) is 0 Å². The summed E-state index contributed by atoms with van der Waals surface area (Å²) in [5.74, 6) is 0. The number of likely N-dealkylation sites (tertiary alicyclic amines) is 1. The minimum absolute atomic E-state index is 0.0874. The predicted octanol–water partition coefficient (Wildman–Crippen LogP) is 1.97. The minimum atomic E-state index is -3.16. The summed E-state index contributed by atoms with van der Waals surface area (Å²) in [4.78, 5) is 16.8. The lowest BCUT2D eigenvalue weighted by Crippen LogP contribution is -2.58. The van der Waals surface area contributed by atoms with Crippen molar-refractivity contribution in [2.75, 3.05) is 39.0 Å². The van der Waals surface area contributed by atoms with E-state index in [1.807, 2.05) is 9.80 Å². The van der Waals surface area contributed by atoms with E-state index in [0.717, 1.165) is 25.8 Å². The van der Waals surface area contributed by atoms with Crippen LogP contribution in [0.25, 0.3) is 0 Å². The molecule has 2 amide bonds. The highest BCUT2D eigenvalue weighted by Gasteiger charge is 2.39. The highest BCUT2D eigenvalue weighted by Crippen LogP contribution is 2.35. The standard InChI is InChI=1S/C16H31N3O3S/c1-5-16(2,3)14-8-6-7-9-19(14)15(20)17-10-12-18(13-11-17)23(4,21)22/h14H,5-13H2,1-4H3. The number of rotatable bonds is 3. The maximum Gasteiger partial charge on any atom is 0.320 e. The van der Waals surface area contributed by atoms with Crippen molar-refractivity contribution in [2.24, 2.45) is 5.41 Å². The summed E-state index contributed by atoms with van der Waals surface area (Å²) in [5.41, 5.74) is 0.116. The molecule has 7 heteroatoms. The summed E-state index contributed by atoms with van der Waals surface area (Å²) >= 11 is 0. The lowest BCUT2D eigenvalue weighted by atomic mass is 9.77. The Balaban J connectivity index is 2.04. The van der Waals surface area contributed by atoms with Crippen molar-refractivity contribution >= 4 is 16.1 Å². The molecule has 6 nitrogen and oxygen atoms in total. The van der Waals surface area contributed by atoms with Gasteiger partial charge in [0.05, 0.1) is 6.26 Å². The Morgan fingerprint density at radius 3 is 2.22 bits per heavy atom. The van der Waals surface area contributed by atoms with Gasteiger partial charge in [-0.3, -0.25) is 0 Å². The molecule has 2 aliphatic rings. The molecule has 2 rings (SSSR count). The molecule has 1 atom stereocenters. The van der Waals surface area contributed by atoms with Crippen LogP contribution in [-0.4, -0.2) is 73.6 Å². The first kappa shape index (κ1) is 18.5. The predicted molar refractivity (Wildman–Crippen MR) is 91.8 cm³/mol. The van der Waals surface area contributed by atoms with Crippen molar-refractivity contribution < 1.29 is 13.2 Å². The van der Waals surface area contributed by atoms with Crippen molar-refractivity contribution in [1.82, 2.24) is 14.1 Å². The van der Waals surface area contributed by atoms with Gasteiger partial charge in [0, 0.05) is 38.8 Å². The van der Waals surface area contributed by atoms with Crippen molar-refractivity contribution in [3.8, 4) is 0 Å². The number of piperazine rings is 1. The van der Waals surface area contributed by atoms with Gasteiger partial charge in [-0.05, 0) is 31.1 Å². The van der Waals surface area contributed by atoms with E-state index in [1.54, 1.807) is 0 Å². The molecule has 134 valence electrons. The van der Waals surface area contributed by atoms with Crippen LogP contribution >= 0.6 is 0 Å². The van der Waals surface area contributed by atoms with E-state index in [4.69, 9.17) is 0 Å². The number of carbonyl (C=O) groups is 1. The third-order valence-electron chi connectivity index (χ3n) is 5.54. The van der Waals surface area contributed by atoms with E-state index in [9.17, 15) is 13.2 Å². The molecule has 0 radical (unpaired) electrons. The van der Waals surface area contributed by atoms with Crippen LogP contribution in [0.5, 0.6) is 0 Å². The van der Waals surface area contributed by atoms with Crippen LogP contribution in [0, 0.1) is 5.41 Å². The van der Waals surface area contributed by atoms with Crippen LogP contribution in [0.2, 0.25) is 0 Å². The molecule has 23 heavy (non-hydrogen) atoms. The summed E-state index contributed by atoms with van der Waals surface area (Å²) < 4.78 is 24.7. The smallest absolute Gasteiger partial charge is 0.320 e. The van der Waals surface area contributed by atoms with Crippen LogP contribution in [-0.2, 0) is 10.0 Å². The minimum Gasteiger partial charge on any atom is -0.322 e. The van der Waals surface area contributed by atoms with E-state index < -0.39 is 10.0 Å². The Hall–Kier alpha value is -0.820. The second-order valence-corrected chi connectivity index (χ2v) is 9.46. The lowest BCUT2D eigenvalue weighted by Gasteiger charge is -2.47. The number of sulfonamides is 1. The lowest BCUT2D eigenvalue weighted by molar-refractivity contribution is 0.0516. The van der Waals surface area contributed by atoms with Gasteiger partial charge in [-0.25, -0.2) is 13.2 Å². The Kier molecular flexibility index (Phi) is 5.61. The molecule has 0 aromatic carbocycles. The molecule has 0 saturated carbocycles. The first-order valence-corrected chi connectivity index (χ1v) is 10.5.